The highest BCUT2D eigenvalue weighted by molar-refractivity contribution is 7.07. The lowest BCUT2D eigenvalue weighted by molar-refractivity contribution is -0.137. The van der Waals surface area contributed by atoms with E-state index in [2.05, 4.69) is 20.5 Å². The van der Waals surface area contributed by atoms with E-state index in [1.807, 2.05) is 6.92 Å². The Morgan fingerprint density at radius 2 is 2.19 bits per heavy atom. The Balaban J connectivity index is 1.73. The number of amides is 1. The summed E-state index contributed by atoms with van der Waals surface area (Å²) in [6, 6.07) is 5.23. The lowest BCUT2D eigenvalue weighted by Gasteiger charge is -2.47. The summed E-state index contributed by atoms with van der Waals surface area (Å²) in [5, 5.41) is 13.3. The van der Waals surface area contributed by atoms with E-state index in [0.29, 0.717) is 47.6 Å². The van der Waals surface area contributed by atoms with Crippen LogP contribution in [0, 0.1) is 0 Å². The summed E-state index contributed by atoms with van der Waals surface area (Å²) in [6.07, 6.45) is -2.50. The molecule has 160 valence electrons. The fourth-order valence-corrected chi connectivity index (χ4v) is 5.31. The van der Waals surface area contributed by atoms with Gasteiger partial charge in [0.25, 0.3) is 5.91 Å². The maximum atomic E-state index is 13.8. The molecule has 1 aromatic heterocycles. The molecule has 0 radical (unpaired) electrons. The van der Waals surface area contributed by atoms with Crippen molar-refractivity contribution in [3.63, 3.8) is 0 Å². The molecule has 2 atom stereocenters. The number of anilines is 1. The lowest BCUT2D eigenvalue weighted by atomic mass is 9.62. The minimum atomic E-state index is -4.49. The highest BCUT2D eigenvalue weighted by Gasteiger charge is 2.53. The molecule has 0 fully saturated rings. The average Bonchev–Trinajstić information content (AvgIpc) is 3.44. The Morgan fingerprint density at radius 1 is 1.35 bits per heavy atom. The topological polar surface area (TPSA) is 70.0 Å². The number of aromatic nitrogens is 1. The Kier molecular flexibility index (Phi) is 4.51. The quantitative estimate of drug-likeness (QED) is 0.739. The summed E-state index contributed by atoms with van der Waals surface area (Å²) < 4.78 is 40.6. The number of nitrogens with zero attached hydrogens (tertiary/aromatic N) is 4. The number of hydrogen-bond acceptors (Lipinski definition) is 6. The third-order valence-electron chi connectivity index (χ3n) is 6.16. The molecule has 5 rings (SSSR count). The molecule has 31 heavy (non-hydrogen) atoms. The van der Waals surface area contributed by atoms with Gasteiger partial charge in [0.1, 0.15) is 5.82 Å². The number of thiazole rings is 1. The Morgan fingerprint density at radius 3 is 2.90 bits per heavy atom. The largest absolute Gasteiger partial charge is 0.416 e. The zero-order chi connectivity index (χ0) is 21.8. The summed E-state index contributed by atoms with van der Waals surface area (Å²) in [5.41, 5.74) is 2.09. The zero-order valence-corrected chi connectivity index (χ0v) is 17.3. The second-order valence-corrected chi connectivity index (χ2v) is 8.33. The first-order chi connectivity index (χ1) is 14.9. The molecule has 6 nitrogen and oxygen atoms in total. The fourth-order valence-electron chi connectivity index (χ4n) is 4.77. The van der Waals surface area contributed by atoms with Gasteiger partial charge in [0.2, 0.25) is 0 Å². The Bertz CT molecular complexity index is 1140. The van der Waals surface area contributed by atoms with Gasteiger partial charge >= 0.3 is 6.18 Å². The van der Waals surface area contributed by atoms with Crippen LogP contribution < -0.4 is 10.2 Å². The summed E-state index contributed by atoms with van der Waals surface area (Å²) in [7, 11) is 0. The third kappa shape index (κ3) is 2.92. The van der Waals surface area contributed by atoms with E-state index < -0.39 is 23.3 Å². The summed E-state index contributed by atoms with van der Waals surface area (Å²) in [5.74, 6) is 0.289. The number of benzene rings is 1. The molecule has 3 aliphatic heterocycles. The van der Waals surface area contributed by atoms with Gasteiger partial charge < -0.3 is 5.32 Å². The molecule has 3 aliphatic rings. The van der Waals surface area contributed by atoms with Gasteiger partial charge in [0.05, 0.1) is 28.3 Å². The molecule has 0 spiro atoms. The molecule has 4 heterocycles. The van der Waals surface area contributed by atoms with Gasteiger partial charge in [0, 0.05) is 29.6 Å². The predicted octanol–water partition coefficient (Wildman–Crippen LogP) is 4.78. The number of alkyl halides is 3. The van der Waals surface area contributed by atoms with Crippen molar-refractivity contribution >= 4 is 23.1 Å². The van der Waals surface area contributed by atoms with Crippen molar-refractivity contribution in [3.8, 4) is 0 Å². The summed E-state index contributed by atoms with van der Waals surface area (Å²) >= 11 is 1.38. The standard InChI is InChI=1S/C21H18F3N5OS/c1-2-20(12-4-3-5-13(8-12)21(22,23)24)14-9-26-28-18(14)27-15-6-7-29(19(30)17(15)20)16-10-31-11-25-16/h3-5,8-11,18,27H,2,6-7H2,1H3/t18?,20-/m0/s1. The number of fused-ring (bicyclic) bond motifs is 1. The smallest absolute Gasteiger partial charge is 0.362 e. The number of rotatable bonds is 3. The lowest BCUT2D eigenvalue weighted by Crippen LogP contribution is -2.54. The van der Waals surface area contributed by atoms with Crippen LogP contribution in [0.1, 0.15) is 30.9 Å². The molecule has 0 saturated heterocycles. The highest BCUT2D eigenvalue weighted by atomic mass is 32.1. The van der Waals surface area contributed by atoms with Gasteiger partial charge in [-0.15, -0.1) is 11.3 Å². The summed E-state index contributed by atoms with van der Waals surface area (Å²) in [6.45, 7) is 2.31. The Hall–Kier alpha value is -3.01. The van der Waals surface area contributed by atoms with Crippen molar-refractivity contribution in [2.24, 2.45) is 10.2 Å². The molecular formula is C21H18F3N5OS. The first kappa shape index (κ1) is 19.9. The third-order valence-corrected chi connectivity index (χ3v) is 6.73. The number of nitrogens with one attached hydrogen (secondary N) is 1. The van der Waals surface area contributed by atoms with E-state index in [1.165, 1.54) is 17.4 Å². The molecular weight excluding hydrogens is 427 g/mol. The second kappa shape index (κ2) is 7.01. The average molecular weight is 445 g/mol. The number of hydrogen-bond donors (Lipinski definition) is 1. The number of carbonyl (C=O) groups excluding carboxylic acids is 1. The van der Waals surface area contributed by atoms with Crippen LogP contribution in [0.4, 0.5) is 19.0 Å². The van der Waals surface area contributed by atoms with Crippen LogP contribution in [0.5, 0.6) is 0 Å². The van der Waals surface area contributed by atoms with Crippen LogP contribution in [0.15, 0.2) is 68.4 Å². The molecule has 2 aromatic rings. The second-order valence-electron chi connectivity index (χ2n) is 7.61. The number of halogens is 3. The predicted molar refractivity (Wildman–Crippen MR) is 109 cm³/mol. The molecule has 0 saturated carbocycles. The van der Waals surface area contributed by atoms with Crippen LogP contribution in [0.2, 0.25) is 0 Å². The summed E-state index contributed by atoms with van der Waals surface area (Å²) in [4.78, 5) is 19.6. The zero-order valence-electron chi connectivity index (χ0n) is 16.5. The molecule has 10 heteroatoms. The molecule has 1 unspecified atom stereocenters. The van der Waals surface area contributed by atoms with E-state index >= 15 is 0 Å². The molecule has 0 aliphatic carbocycles. The first-order valence-electron chi connectivity index (χ1n) is 9.84. The van der Waals surface area contributed by atoms with Crippen LogP contribution in [-0.2, 0) is 16.4 Å². The molecule has 1 N–H and O–H groups in total. The van der Waals surface area contributed by atoms with Crippen molar-refractivity contribution in [1.82, 2.24) is 10.3 Å². The van der Waals surface area contributed by atoms with Crippen LogP contribution >= 0.6 is 11.3 Å². The maximum absolute atomic E-state index is 13.8. The van der Waals surface area contributed by atoms with E-state index in [4.69, 9.17) is 0 Å². The highest BCUT2D eigenvalue weighted by Crippen LogP contribution is 2.51. The van der Waals surface area contributed by atoms with Crippen LogP contribution in [0.25, 0.3) is 0 Å². The van der Waals surface area contributed by atoms with E-state index in [-0.39, 0.29) is 5.91 Å². The van der Waals surface area contributed by atoms with Gasteiger partial charge in [-0.1, -0.05) is 25.1 Å². The fraction of sp³-hybridized carbons (Fsp3) is 0.333. The van der Waals surface area contributed by atoms with Crippen LogP contribution in [0.3, 0.4) is 0 Å². The van der Waals surface area contributed by atoms with E-state index in [0.717, 1.165) is 12.1 Å². The van der Waals surface area contributed by atoms with Gasteiger partial charge in [-0.05, 0) is 18.1 Å². The molecule has 1 amide bonds. The molecule has 0 bridgehead atoms. The number of azo groups is 1. The maximum Gasteiger partial charge on any atom is 0.416 e. The van der Waals surface area contributed by atoms with Crippen molar-refractivity contribution in [2.75, 3.05) is 11.4 Å². The van der Waals surface area contributed by atoms with Gasteiger partial charge in [-0.3, -0.25) is 9.69 Å². The monoisotopic (exact) mass is 445 g/mol. The van der Waals surface area contributed by atoms with Gasteiger partial charge in [-0.2, -0.15) is 23.4 Å². The van der Waals surface area contributed by atoms with E-state index in [1.54, 1.807) is 28.1 Å². The van der Waals surface area contributed by atoms with Crippen molar-refractivity contribution < 1.29 is 18.0 Å². The van der Waals surface area contributed by atoms with Gasteiger partial charge in [0.15, 0.2) is 6.17 Å². The van der Waals surface area contributed by atoms with Crippen molar-refractivity contribution in [1.29, 1.82) is 0 Å². The Labute approximate surface area is 180 Å². The normalized spacial score (nSPS) is 25.3. The number of carbonyl (C=O) groups is 1. The van der Waals surface area contributed by atoms with E-state index in [9.17, 15) is 18.0 Å². The van der Waals surface area contributed by atoms with Crippen molar-refractivity contribution in [2.45, 2.75) is 37.5 Å². The van der Waals surface area contributed by atoms with Crippen molar-refractivity contribution in [3.05, 3.63) is 69.3 Å². The SMILES string of the molecule is CC[C@]1(c2cccc(C(F)(F)F)c2)C2=CN=NC2NC2=C1C(=O)N(c1cscn1)CC2. The first-order valence-corrected chi connectivity index (χ1v) is 10.8. The van der Waals surface area contributed by atoms with Crippen LogP contribution in [-0.4, -0.2) is 23.6 Å². The van der Waals surface area contributed by atoms with Gasteiger partial charge in [-0.25, -0.2) is 4.98 Å². The molecule has 1 aromatic carbocycles. The minimum Gasteiger partial charge on any atom is -0.362 e. The minimum absolute atomic E-state index is 0.259.